The molecule has 1 aliphatic rings. The van der Waals surface area contributed by atoms with Gasteiger partial charge in [0, 0.05) is 12.2 Å². The molecule has 1 saturated heterocycles. The standard InChI is InChI=1S/C14H19NO3/c1-10(2)11-5-3-4-6-12(11)15-7-8-18-9-13(15)14(16)17/h3-6,10,13H,7-9H2,1-2H3,(H,16,17). The number of nitrogens with zero attached hydrogens (tertiary/aromatic N) is 1. The van der Waals surface area contributed by atoms with Crippen molar-refractivity contribution in [2.45, 2.75) is 25.8 Å². The highest BCUT2D eigenvalue weighted by molar-refractivity contribution is 5.79. The van der Waals surface area contributed by atoms with Gasteiger partial charge in [0.1, 0.15) is 0 Å². The van der Waals surface area contributed by atoms with E-state index in [1.165, 1.54) is 5.56 Å². The SMILES string of the molecule is CC(C)c1ccccc1N1CCOCC1C(=O)O. The van der Waals surface area contributed by atoms with Crippen LogP contribution in [0.2, 0.25) is 0 Å². The third kappa shape index (κ3) is 2.48. The van der Waals surface area contributed by atoms with E-state index in [1.54, 1.807) is 0 Å². The largest absolute Gasteiger partial charge is 0.480 e. The molecule has 0 amide bonds. The molecule has 0 aromatic heterocycles. The third-order valence-corrected chi connectivity index (χ3v) is 3.28. The first-order valence-corrected chi connectivity index (χ1v) is 6.27. The summed E-state index contributed by atoms with van der Waals surface area (Å²) in [6.07, 6.45) is 0. The minimum atomic E-state index is -0.826. The Balaban J connectivity index is 2.36. The molecule has 1 unspecified atom stereocenters. The second-order valence-electron chi connectivity index (χ2n) is 4.84. The van der Waals surface area contributed by atoms with E-state index in [0.29, 0.717) is 19.1 Å². The van der Waals surface area contributed by atoms with Crippen LogP contribution in [0.15, 0.2) is 24.3 Å². The Labute approximate surface area is 107 Å². The van der Waals surface area contributed by atoms with E-state index in [-0.39, 0.29) is 6.61 Å². The van der Waals surface area contributed by atoms with Crippen molar-refractivity contribution in [3.8, 4) is 0 Å². The first-order chi connectivity index (χ1) is 8.61. The van der Waals surface area contributed by atoms with Crippen molar-refractivity contribution in [2.24, 2.45) is 0 Å². The predicted molar refractivity (Wildman–Crippen MR) is 70.1 cm³/mol. The zero-order chi connectivity index (χ0) is 13.1. The molecular formula is C14H19NO3. The van der Waals surface area contributed by atoms with Gasteiger partial charge in [-0.3, -0.25) is 0 Å². The van der Waals surface area contributed by atoms with Crippen molar-refractivity contribution in [3.63, 3.8) is 0 Å². The summed E-state index contributed by atoms with van der Waals surface area (Å²) in [5.74, 6) is -0.452. The van der Waals surface area contributed by atoms with E-state index in [0.717, 1.165) is 5.69 Å². The Hall–Kier alpha value is -1.55. The molecule has 1 atom stereocenters. The molecule has 0 saturated carbocycles. The number of benzene rings is 1. The fraction of sp³-hybridized carbons (Fsp3) is 0.500. The van der Waals surface area contributed by atoms with Crippen molar-refractivity contribution < 1.29 is 14.6 Å². The number of hydrogen-bond donors (Lipinski definition) is 1. The Morgan fingerprint density at radius 3 is 2.83 bits per heavy atom. The van der Waals surface area contributed by atoms with E-state index in [4.69, 9.17) is 4.74 Å². The molecule has 0 aliphatic carbocycles. The van der Waals surface area contributed by atoms with Crippen LogP contribution in [0.4, 0.5) is 5.69 Å². The number of carboxylic acids is 1. The van der Waals surface area contributed by atoms with E-state index in [1.807, 2.05) is 23.1 Å². The molecule has 1 fully saturated rings. The molecule has 1 aromatic carbocycles. The number of anilines is 1. The molecule has 98 valence electrons. The van der Waals surface area contributed by atoms with Gasteiger partial charge in [0.05, 0.1) is 13.2 Å². The van der Waals surface area contributed by atoms with E-state index >= 15 is 0 Å². The second kappa shape index (κ2) is 5.40. The van der Waals surface area contributed by atoms with Gasteiger partial charge in [-0.05, 0) is 17.5 Å². The van der Waals surface area contributed by atoms with Gasteiger partial charge in [-0.15, -0.1) is 0 Å². The van der Waals surface area contributed by atoms with Gasteiger partial charge in [-0.2, -0.15) is 0 Å². The molecule has 1 N–H and O–H groups in total. The molecular weight excluding hydrogens is 230 g/mol. The summed E-state index contributed by atoms with van der Waals surface area (Å²) in [5.41, 5.74) is 2.20. The first-order valence-electron chi connectivity index (χ1n) is 6.27. The number of hydrogen-bond acceptors (Lipinski definition) is 3. The Kier molecular flexibility index (Phi) is 3.87. The Morgan fingerprint density at radius 1 is 1.44 bits per heavy atom. The Morgan fingerprint density at radius 2 is 2.17 bits per heavy atom. The van der Waals surface area contributed by atoms with Crippen LogP contribution >= 0.6 is 0 Å². The lowest BCUT2D eigenvalue weighted by molar-refractivity contribution is -0.141. The summed E-state index contributed by atoms with van der Waals surface area (Å²) in [6.45, 7) is 5.70. The van der Waals surface area contributed by atoms with Gasteiger partial charge in [0.15, 0.2) is 6.04 Å². The molecule has 18 heavy (non-hydrogen) atoms. The van der Waals surface area contributed by atoms with Crippen LogP contribution < -0.4 is 4.90 Å². The van der Waals surface area contributed by atoms with Crippen LogP contribution in [-0.4, -0.2) is 36.9 Å². The highest BCUT2D eigenvalue weighted by atomic mass is 16.5. The highest BCUT2D eigenvalue weighted by Crippen LogP contribution is 2.29. The van der Waals surface area contributed by atoms with Crippen LogP contribution in [0.1, 0.15) is 25.3 Å². The van der Waals surface area contributed by atoms with Crippen molar-refractivity contribution in [3.05, 3.63) is 29.8 Å². The Bertz CT molecular complexity index is 431. The maximum absolute atomic E-state index is 11.3. The van der Waals surface area contributed by atoms with Crippen LogP contribution in [-0.2, 0) is 9.53 Å². The number of para-hydroxylation sites is 1. The summed E-state index contributed by atoms with van der Waals surface area (Å²) in [6, 6.07) is 7.42. The van der Waals surface area contributed by atoms with E-state index in [2.05, 4.69) is 19.9 Å². The summed E-state index contributed by atoms with van der Waals surface area (Å²) in [5, 5.41) is 9.28. The van der Waals surface area contributed by atoms with Crippen molar-refractivity contribution in [1.82, 2.24) is 0 Å². The summed E-state index contributed by atoms with van der Waals surface area (Å²) >= 11 is 0. The summed E-state index contributed by atoms with van der Waals surface area (Å²) in [4.78, 5) is 13.2. The zero-order valence-electron chi connectivity index (χ0n) is 10.8. The fourth-order valence-corrected chi connectivity index (χ4v) is 2.33. The molecule has 1 aliphatic heterocycles. The van der Waals surface area contributed by atoms with Crippen LogP contribution in [0, 0.1) is 0 Å². The van der Waals surface area contributed by atoms with Crippen LogP contribution in [0.25, 0.3) is 0 Å². The molecule has 4 nitrogen and oxygen atoms in total. The lowest BCUT2D eigenvalue weighted by atomic mass is 9.99. The number of carbonyl (C=O) groups is 1. The number of morpholine rings is 1. The third-order valence-electron chi connectivity index (χ3n) is 3.28. The lowest BCUT2D eigenvalue weighted by Gasteiger charge is -2.36. The minimum Gasteiger partial charge on any atom is -0.480 e. The van der Waals surface area contributed by atoms with Gasteiger partial charge in [0.25, 0.3) is 0 Å². The van der Waals surface area contributed by atoms with Crippen LogP contribution in [0.5, 0.6) is 0 Å². The number of aliphatic carboxylic acids is 1. The number of ether oxygens (including phenoxy) is 1. The topological polar surface area (TPSA) is 49.8 Å². The average molecular weight is 249 g/mol. The number of rotatable bonds is 3. The van der Waals surface area contributed by atoms with Gasteiger partial charge in [0.2, 0.25) is 0 Å². The smallest absolute Gasteiger partial charge is 0.328 e. The van der Waals surface area contributed by atoms with Gasteiger partial charge in [-0.1, -0.05) is 32.0 Å². The van der Waals surface area contributed by atoms with Crippen molar-refractivity contribution in [2.75, 3.05) is 24.7 Å². The fourth-order valence-electron chi connectivity index (χ4n) is 2.33. The second-order valence-corrected chi connectivity index (χ2v) is 4.84. The van der Waals surface area contributed by atoms with Gasteiger partial charge < -0.3 is 14.7 Å². The maximum Gasteiger partial charge on any atom is 0.328 e. The van der Waals surface area contributed by atoms with Gasteiger partial charge >= 0.3 is 5.97 Å². The lowest BCUT2D eigenvalue weighted by Crippen LogP contribution is -2.50. The quantitative estimate of drug-likeness (QED) is 0.891. The monoisotopic (exact) mass is 249 g/mol. The highest BCUT2D eigenvalue weighted by Gasteiger charge is 2.30. The molecule has 1 aromatic rings. The zero-order valence-corrected chi connectivity index (χ0v) is 10.8. The van der Waals surface area contributed by atoms with Crippen molar-refractivity contribution >= 4 is 11.7 Å². The molecule has 0 spiro atoms. The summed E-state index contributed by atoms with van der Waals surface area (Å²) < 4.78 is 5.27. The molecule has 4 heteroatoms. The van der Waals surface area contributed by atoms with Gasteiger partial charge in [-0.25, -0.2) is 4.79 Å². The first kappa shape index (κ1) is 12.9. The molecule has 0 radical (unpaired) electrons. The normalized spacial score (nSPS) is 20.2. The van der Waals surface area contributed by atoms with Crippen LogP contribution in [0.3, 0.4) is 0 Å². The molecule has 1 heterocycles. The molecule has 0 bridgehead atoms. The summed E-state index contributed by atoms with van der Waals surface area (Å²) in [7, 11) is 0. The van der Waals surface area contributed by atoms with Crippen molar-refractivity contribution in [1.29, 1.82) is 0 Å². The van der Waals surface area contributed by atoms with E-state index in [9.17, 15) is 9.90 Å². The number of carboxylic acid groups (broad SMARTS) is 1. The average Bonchev–Trinajstić information content (AvgIpc) is 2.38. The predicted octanol–water partition coefficient (Wildman–Crippen LogP) is 2.10. The maximum atomic E-state index is 11.3. The molecule has 2 rings (SSSR count). The van der Waals surface area contributed by atoms with E-state index < -0.39 is 12.0 Å². The minimum absolute atomic E-state index is 0.252.